The zero-order valence-corrected chi connectivity index (χ0v) is 14.2. The molecule has 1 heterocycles. The van der Waals surface area contributed by atoms with Gasteiger partial charge in [0.25, 0.3) is 0 Å². The van der Waals surface area contributed by atoms with E-state index in [4.69, 9.17) is 9.47 Å². The molecule has 0 radical (unpaired) electrons. The summed E-state index contributed by atoms with van der Waals surface area (Å²) in [6.07, 6.45) is 0.849. The fourth-order valence-electron chi connectivity index (χ4n) is 2.73. The summed E-state index contributed by atoms with van der Waals surface area (Å²) >= 11 is 0. The lowest BCUT2D eigenvalue weighted by Crippen LogP contribution is -2.45. The summed E-state index contributed by atoms with van der Waals surface area (Å²) in [4.78, 5) is 14.5. The number of rotatable bonds is 3. The Hall–Kier alpha value is -2.69. The molecule has 0 spiro atoms. The smallest absolute Gasteiger partial charge is 0.326 e. The van der Waals surface area contributed by atoms with Gasteiger partial charge in [-0.15, -0.1) is 0 Å². The SMILES string of the molecule is CCC1CN(C(=O)Nc2ccc(OC)cc2)c2cc(C)ccc2O1. The second kappa shape index (κ2) is 6.83. The van der Waals surface area contributed by atoms with Gasteiger partial charge in [0.1, 0.15) is 17.6 Å². The third kappa shape index (κ3) is 3.30. The topological polar surface area (TPSA) is 50.8 Å². The molecule has 3 rings (SSSR count). The standard InChI is InChI=1S/C19H22N2O3/c1-4-15-12-21(17-11-13(2)5-10-18(17)24-15)19(22)20-14-6-8-16(23-3)9-7-14/h5-11,15H,4,12H2,1-3H3,(H,20,22). The normalized spacial score (nSPS) is 16.1. The van der Waals surface area contributed by atoms with Gasteiger partial charge in [-0.1, -0.05) is 13.0 Å². The number of aryl methyl sites for hydroxylation is 1. The first-order valence-corrected chi connectivity index (χ1v) is 8.10. The molecule has 0 aliphatic carbocycles. The number of hydrogen-bond acceptors (Lipinski definition) is 3. The predicted molar refractivity (Wildman–Crippen MR) is 95.2 cm³/mol. The summed E-state index contributed by atoms with van der Waals surface area (Å²) in [5.41, 5.74) is 2.63. The summed E-state index contributed by atoms with van der Waals surface area (Å²) in [5.74, 6) is 1.51. The molecule has 5 heteroatoms. The molecule has 2 aromatic rings. The van der Waals surface area contributed by atoms with Crippen LogP contribution in [0, 0.1) is 6.92 Å². The molecule has 1 atom stereocenters. The minimum Gasteiger partial charge on any atom is -0.497 e. The quantitative estimate of drug-likeness (QED) is 0.919. The molecule has 1 aliphatic heterocycles. The lowest BCUT2D eigenvalue weighted by Gasteiger charge is -2.34. The van der Waals surface area contributed by atoms with Crippen LogP contribution in [0.4, 0.5) is 16.2 Å². The van der Waals surface area contributed by atoms with E-state index < -0.39 is 0 Å². The number of hydrogen-bond donors (Lipinski definition) is 1. The van der Waals surface area contributed by atoms with E-state index in [9.17, 15) is 4.79 Å². The number of nitrogens with zero attached hydrogens (tertiary/aromatic N) is 1. The molecule has 0 fully saturated rings. The molecule has 0 aromatic heterocycles. The Morgan fingerprint density at radius 2 is 2.04 bits per heavy atom. The van der Waals surface area contributed by atoms with E-state index in [0.717, 1.165) is 34.9 Å². The van der Waals surface area contributed by atoms with Gasteiger partial charge >= 0.3 is 6.03 Å². The first kappa shape index (κ1) is 16.2. The molecule has 1 N–H and O–H groups in total. The van der Waals surface area contributed by atoms with Crippen molar-refractivity contribution < 1.29 is 14.3 Å². The van der Waals surface area contributed by atoms with Crippen molar-refractivity contribution in [3.63, 3.8) is 0 Å². The maximum atomic E-state index is 12.8. The van der Waals surface area contributed by atoms with E-state index in [2.05, 4.69) is 12.2 Å². The van der Waals surface area contributed by atoms with Crippen LogP contribution >= 0.6 is 0 Å². The Kier molecular flexibility index (Phi) is 4.60. The number of carbonyl (C=O) groups is 1. The van der Waals surface area contributed by atoms with E-state index in [1.807, 2.05) is 49.4 Å². The third-order valence-electron chi connectivity index (χ3n) is 4.13. The van der Waals surface area contributed by atoms with Gasteiger partial charge in [0.05, 0.1) is 19.3 Å². The number of anilines is 2. The van der Waals surface area contributed by atoms with Crippen molar-refractivity contribution in [1.29, 1.82) is 0 Å². The Morgan fingerprint density at radius 1 is 1.29 bits per heavy atom. The van der Waals surface area contributed by atoms with Crippen molar-refractivity contribution in [2.24, 2.45) is 0 Å². The number of urea groups is 1. The first-order valence-electron chi connectivity index (χ1n) is 8.10. The summed E-state index contributed by atoms with van der Waals surface area (Å²) in [6.45, 7) is 4.60. The van der Waals surface area contributed by atoms with Crippen LogP contribution in [-0.2, 0) is 0 Å². The van der Waals surface area contributed by atoms with E-state index in [1.165, 1.54) is 0 Å². The van der Waals surface area contributed by atoms with Crippen molar-refractivity contribution in [3.05, 3.63) is 48.0 Å². The van der Waals surface area contributed by atoms with Gasteiger partial charge in [-0.3, -0.25) is 4.90 Å². The van der Waals surface area contributed by atoms with Crippen LogP contribution < -0.4 is 19.7 Å². The molecular weight excluding hydrogens is 304 g/mol. The monoisotopic (exact) mass is 326 g/mol. The maximum Gasteiger partial charge on any atom is 0.326 e. The maximum absolute atomic E-state index is 12.8. The molecule has 5 nitrogen and oxygen atoms in total. The Balaban J connectivity index is 1.84. The van der Waals surface area contributed by atoms with Crippen LogP contribution in [0.1, 0.15) is 18.9 Å². The lowest BCUT2D eigenvalue weighted by molar-refractivity contribution is 0.188. The fraction of sp³-hybridized carbons (Fsp3) is 0.316. The number of amides is 2. The van der Waals surface area contributed by atoms with Crippen molar-refractivity contribution in [1.82, 2.24) is 0 Å². The highest BCUT2D eigenvalue weighted by Gasteiger charge is 2.29. The molecule has 1 aliphatic rings. The Labute approximate surface area is 142 Å². The molecule has 1 unspecified atom stereocenters. The van der Waals surface area contributed by atoms with Gasteiger partial charge in [-0.2, -0.15) is 0 Å². The number of carbonyl (C=O) groups excluding carboxylic acids is 1. The molecular formula is C19H22N2O3. The highest BCUT2D eigenvalue weighted by atomic mass is 16.5. The second-order valence-corrected chi connectivity index (χ2v) is 5.89. The summed E-state index contributed by atoms with van der Waals surface area (Å²) in [7, 11) is 1.62. The Morgan fingerprint density at radius 3 is 2.71 bits per heavy atom. The van der Waals surface area contributed by atoms with Crippen LogP contribution in [0.25, 0.3) is 0 Å². The van der Waals surface area contributed by atoms with Crippen LogP contribution in [0.5, 0.6) is 11.5 Å². The van der Waals surface area contributed by atoms with Crippen LogP contribution in [0.3, 0.4) is 0 Å². The number of methoxy groups -OCH3 is 1. The molecule has 0 saturated heterocycles. The van der Waals surface area contributed by atoms with Crippen molar-refractivity contribution in [2.45, 2.75) is 26.4 Å². The van der Waals surface area contributed by atoms with Gasteiger partial charge in [0, 0.05) is 5.69 Å². The first-order chi connectivity index (χ1) is 11.6. The number of fused-ring (bicyclic) bond motifs is 1. The predicted octanol–water partition coefficient (Wildman–Crippen LogP) is 4.21. The average molecular weight is 326 g/mol. The summed E-state index contributed by atoms with van der Waals surface area (Å²) < 4.78 is 11.1. The minimum absolute atomic E-state index is 0.00169. The van der Waals surface area contributed by atoms with E-state index in [1.54, 1.807) is 12.0 Å². The third-order valence-corrected chi connectivity index (χ3v) is 4.13. The van der Waals surface area contributed by atoms with Gasteiger partial charge in [-0.25, -0.2) is 4.79 Å². The summed E-state index contributed by atoms with van der Waals surface area (Å²) in [6, 6.07) is 13.0. The van der Waals surface area contributed by atoms with Crippen LogP contribution in [0.15, 0.2) is 42.5 Å². The highest BCUT2D eigenvalue weighted by molar-refractivity contribution is 6.03. The zero-order valence-electron chi connectivity index (χ0n) is 14.2. The molecule has 2 aromatic carbocycles. The minimum atomic E-state index is -0.159. The molecule has 0 bridgehead atoms. The Bertz CT molecular complexity index is 728. The molecule has 126 valence electrons. The second-order valence-electron chi connectivity index (χ2n) is 5.89. The van der Waals surface area contributed by atoms with Crippen molar-refractivity contribution in [2.75, 3.05) is 23.9 Å². The van der Waals surface area contributed by atoms with Crippen LogP contribution in [-0.4, -0.2) is 25.8 Å². The van der Waals surface area contributed by atoms with Gasteiger partial charge < -0.3 is 14.8 Å². The van der Waals surface area contributed by atoms with Crippen LogP contribution in [0.2, 0.25) is 0 Å². The largest absolute Gasteiger partial charge is 0.497 e. The van der Waals surface area contributed by atoms with Gasteiger partial charge in [-0.05, 0) is 55.3 Å². The van der Waals surface area contributed by atoms with Gasteiger partial charge in [0.15, 0.2) is 0 Å². The lowest BCUT2D eigenvalue weighted by atomic mass is 10.1. The van der Waals surface area contributed by atoms with Crippen molar-refractivity contribution in [3.8, 4) is 11.5 Å². The van der Waals surface area contributed by atoms with E-state index in [0.29, 0.717) is 6.54 Å². The molecule has 0 saturated carbocycles. The summed E-state index contributed by atoms with van der Waals surface area (Å²) in [5, 5.41) is 2.94. The van der Waals surface area contributed by atoms with Crippen molar-refractivity contribution >= 4 is 17.4 Å². The zero-order chi connectivity index (χ0) is 17.1. The van der Waals surface area contributed by atoms with E-state index >= 15 is 0 Å². The van der Waals surface area contributed by atoms with Gasteiger partial charge in [0.2, 0.25) is 0 Å². The highest BCUT2D eigenvalue weighted by Crippen LogP contribution is 2.35. The fourth-order valence-corrected chi connectivity index (χ4v) is 2.73. The number of benzene rings is 2. The van der Waals surface area contributed by atoms with E-state index in [-0.39, 0.29) is 12.1 Å². The molecule has 24 heavy (non-hydrogen) atoms. The number of nitrogens with one attached hydrogen (secondary N) is 1. The molecule has 2 amide bonds. The number of ether oxygens (including phenoxy) is 2. The average Bonchev–Trinajstić information content (AvgIpc) is 2.61.